The molecular formula is C22H26N4O. The van der Waals surface area contributed by atoms with Crippen LogP contribution < -0.4 is 5.32 Å². The fourth-order valence-corrected chi connectivity index (χ4v) is 4.04. The van der Waals surface area contributed by atoms with Crippen LogP contribution in [0, 0.1) is 5.92 Å². The third-order valence-electron chi connectivity index (χ3n) is 5.52. The van der Waals surface area contributed by atoms with Crippen molar-refractivity contribution >= 4 is 16.9 Å². The van der Waals surface area contributed by atoms with Gasteiger partial charge in [-0.25, -0.2) is 4.98 Å². The molecule has 0 atom stereocenters. The SMILES string of the molecule is O=C(NCc1nc2ccccc2n1CCC1CCCCC1)c1ccccn1. The topological polar surface area (TPSA) is 59.8 Å². The first-order chi connectivity index (χ1) is 13.3. The zero-order valence-corrected chi connectivity index (χ0v) is 15.6. The van der Waals surface area contributed by atoms with Crippen LogP contribution in [0.3, 0.4) is 0 Å². The lowest BCUT2D eigenvalue weighted by Crippen LogP contribution is -2.25. The average Bonchev–Trinajstić information content (AvgIpc) is 3.09. The predicted octanol–water partition coefficient (Wildman–Crippen LogP) is 4.33. The largest absolute Gasteiger partial charge is 0.343 e. The minimum absolute atomic E-state index is 0.165. The molecule has 0 radical (unpaired) electrons. The minimum Gasteiger partial charge on any atom is -0.343 e. The van der Waals surface area contributed by atoms with Gasteiger partial charge in [0.1, 0.15) is 11.5 Å². The lowest BCUT2D eigenvalue weighted by Gasteiger charge is -2.22. The molecule has 0 spiro atoms. The Labute approximate surface area is 159 Å². The Hall–Kier alpha value is -2.69. The molecule has 1 fully saturated rings. The summed E-state index contributed by atoms with van der Waals surface area (Å²) >= 11 is 0. The quantitative estimate of drug-likeness (QED) is 0.710. The minimum atomic E-state index is -0.165. The fourth-order valence-electron chi connectivity index (χ4n) is 4.04. The van der Waals surface area contributed by atoms with Crippen LogP contribution in [-0.4, -0.2) is 20.4 Å². The maximum Gasteiger partial charge on any atom is 0.270 e. The summed E-state index contributed by atoms with van der Waals surface area (Å²) in [7, 11) is 0. The lowest BCUT2D eigenvalue weighted by molar-refractivity contribution is 0.0944. The van der Waals surface area contributed by atoms with Gasteiger partial charge in [-0.1, -0.05) is 50.3 Å². The monoisotopic (exact) mass is 362 g/mol. The van der Waals surface area contributed by atoms with Gasteiger partial charge in [-0.05, 0) is 36.6 Å². The van der Waals surface area contributed by atoms with Gasteiger partial charge in [0, 0.05) is 12.7 Å². The smallest absolute Gasteiger partial charge is 0.270 e. The van der Waals surface area contributed by atoms with Gasteiger partial charge in [-0.15, -0.1) is 0 Å². The number of imidazole rings is 1. The van der Waals surface area contributed by atoms with E-state index in [0.29, 0.717) is 12.2 Å². The van der Waals surface area contributed by atoms with Gasteiger partial charge in [0.15, 0.2) is 0 Å². The molecule has 5 nitrogen and oxygen atoms in total. The molecule has 140 valence electrons. The van der Waals surface area contributed by atoms with Crippen LogP contribution in [-0.2, 0) is 13.1 Å². The summed E-state index contributed by atoms with van der Waals surface area (Å²) in [6.07, 6.45) is 9.62. The molecule has 1 saturated carbocycles. The van der Waals surface area contributed by atoms with Crippen molar-refractivity contribution in [3.8, 4) is 0 Å². The zero-order chi connectivity index (χ0) is 18.5. The van der Waals surface area contributed by atoms with Crippen LogP contribution >= 0.6 is 0 Å². The highest BCUT2D eigenvalue weighted by Gasteiger charge is 2.16. The normalized spacial score (nSPS) is 15.1. The number of aromatic nitrogens is 3. The van der Waals surface area contributed by atoms with E-state index in [0.717, 1.165) is 29.3 Å². The van der Waals surface area contributed by atoms with E-state index in [9.17, 15) is 4.79 Å². The second-order valence-electron chi connectivity index (χ2n) is 7.36. The lowest BCUT2D eigenvalue weighted by atomic mass is 9.87. The second kappa shape index (κ2) is 8.33. The number of nitrogens with zero attached hydrogens (tertiary/aromatic N) is 3. The molecule has 4 rings (SSSR count). The highest BCUT2D eigenvalue weighted by Crippen LogP contribution is 2.27. The molecule has 2 aromatic heterocycles. The van der Waals surface area contributed by atoms with Crippen LogP contribution in [0.25, 0.3) is 11.0 Å². The molecule has 0 unspecified atom stereocenters. The zero-order valence-electron chi connectivity index (χ0n) is 15.6. The number of aryl methyl sites for hydroxylation is 1. The number of carbonyl (C=O) groups is 1. The summed E-state index contributed by atoms with van der Waals surface area (Å²) in [5, 5.41) is 2.97. The first kappa shape index (κ1) is 17.7. The van der Waals surface area contributed by atoms with Crippen molar-refractivity contribution < 1.29 is 4.79 Å². The number of para-hydroxylation sites is 2. The Morgan fingerprint density at radius 1 is 1.07 bits per heavy atom. The molecule has 5 heteroatoms. The van der Waals surface area contributed by atoms with Crippen molar-refractivity contribution in [3.63, 3.8) is 0 Å². The fraction of sp³-hybridized carbons (Fsp3) is 0.409. The number of fused-ring (bicyclic) bond motifs is 1. The molecule has 0 aliphatic heterocycles. The summed E-state index contributed by atoms with van der Waals surface area (Å²) in [6, 6.07) is 13.6. The predicted molar refractivity (Wildman–Crippen MR) is 106 cm³/mol. The summed E-state index contributed by atoms with van der Waals surface area (Å²) in [5.74, 6) is 1.56. The molecule has 27 heavy (non-hydrogen) atoms. The summed E-state index contributed by atoms with van der Waals surface area (Å²) in [6.45, 7) is 1.37. The number of rotatable bonds is 6. The number of carbonyl (C=O) groups excluding carboxylic acids is 1. The summed E-state index contributed by atoms with van der Waals surface area (Å²) in [5.41, 5.74) is 2.57. The molecule has 1 aliphatic rings. The Bertz CT molecular complexity index is 897. The van der Waals surface area contributed by atoms with E-state index >= 15 is 0 Å². The van der Waals surface area contributed by atoms with Crippen LogP contribution in [0.2, 0.25) is 0 Å². The third kappa shape index (κ3) is 4.18. The highest BCUT2D eigenvalue weighted by atomic mass is 16.1. The van der Waals surface area contributed by atoms with Crippen molar-refractivity contribution in [2.24, 2.45) is 5.92 Å². The maximum atomic E-state index is 12.3. The Morgan fingerprint density at radius 2 is 1.89 bits per heavy atom. The standard InChI is InChI=1S/C22H26N4O/c27-22(19-11-6-7-14-23-19)24-16-21-25-18-10-4-5-12-20(18)26(21)15-13-17-8-2-1-3-9-17/h4-7,10-12,14,17H,1-3,8-9,13,15-16H2,(H,24,27). The first-order valence-electron chi connectivity index (χ1n) is 9.94. The van der Waals surface area contributed by atoms with E-state index in [1.807, 2.05) is 24.3 Å². The van der Waals surface area contributed by atoms with E-state index in [2.05, 4.69) is 27.0 Å². The van der Waals surface area contributed by atoms with Crippen molar-refractivity contribution in [1.29, 1.82) is 0 Å². The van der Waals surface area contributed by atoms with E-state index in [4.69, 9.17) is 4.98 Å². The first-order valence-corrected chi connectivity index (χ1v) is 9.94. The van der Waals surface area contributed by atoms with Crippen LogP contribution in [0.5, 0.6) is 0 Å². The summed E-state index contributed by atoms with van der Waals surface area (Å²) < 4.78 is 2.28. The van der Waals surface area contributed by atoms with Crippen LogP contribution in [0.15, 0.2) is 48.7 Å². The molecule has 1 aliphatic carbocycles. The Balaban J connectivity index is 1.50. The van der Waals surface area contributed by atoms with Crippen molar-refractivity contribution in [2.45, 2.75) is 51.6 Å². The Morgan fingerprint density at radius 3 is 2.70 bits per heavy atom. The second-order valence-corrected chi connectivity index (χ2v) is 7.36. The number of benzene rings is 1. The molecule has 0 saturated heterocycles. The third-order valence-corrected chi connectivity index (χ3v) is 5.52. The average molecular weight is 362 g/mol. The van der Waals surface area contributed by atoms with Gasteiger partial charge in [-0.2, -0.15) is 0 Å². The number of nitrogens with one attached hydrogen (secondary N) is 1. The maximum absolute atomic E-state index is 12.3. The van der Waals surface area contributed by atoms with Crippen molar-refractivity contribution in [2.75, 3.05) is 0 Å². The number of pyridine rings is 1. The Kier molecular flexibility index (Phi) is 5.47. The molecule has 3 aromatic rings. The van der Waals surface area contributed by atoms with Gasteiger partial charge in [0.05, 0.1) is 17.6 Å². The van der Waals surface area contributed by atoms with Crippen molar-refractivity contribution in [3.05, 3.63) is 60.2 Å². The van der Waals surface area contributed by atoms with Crippen molar-refractivity contribution in [1.82, 2.24) is 19.9 Å². The van der Waals surface area contributed by atoms with E-state index in [1.54, 1.807) is 12.3 Å². The molecule has 1 aromatic carbocycles. The molecule has 1 amide bonds. The van der Waals surface area contributed by atoms with E-state index < -0.39 is 0 Å². The van der Waals surface area contributed by atoms with Crippen LogP contribution in [0.4, 0.5) is 0 Å². The molecular weight excluding hydrogens is 336 g/mol. The van der Waals surface area contributed by atoms with E-state index in [1.165, 1.54) is 38.5 Å². The van der Waals surface area contributed by atoms with Crippen LogP contribution in [0.1, 0.15) is 54.8 Å². The van der Waals surface area contributed by atoms with E-state index in [-0.39, 0.29) is 5.91 Å². The molecule has 2 heterocycles. The number of hydrogen-bond donors (Lipinski definition) is 1. The number of amides is 1. The molecule has 0 bridgehead atoms. The van der Waals surface area contributed by atoms with Gasteiger partial charge in [-0.3, -0.25) is 9.78 Å². The van der Waals surface area contributed by atoms with Gasteiger partial charge in [0.2, 0.25) is 0 Å². The molecule has 1 N–H and O–H groups in total. The van der Waals surface area contributed by atoms with Gasteiger partial charge >= 0.3 is 0 Å². The van der Waals surface area contributed by atoms with Gasteiger partial charge in [0.25, 0.3) is 5.91 Å². The highest BCUT2D eigenvalue weighted by molar-refractivity contribution is 5.92. The number of hydrogen-bond acceptors (Lipinski definition) is 3. The van der Waals surface area contributed by atoms with Gasteiger partial charge < -0.3 is 9.88 Å². The summed E-state index contributed by atoms with van der Waals surface area (Å²) in [4.78, 5) is 21.2.